The van der Waals surface area contributed by atoms with Crippen molar-refractivity contribution in [3.05, 3.63) is 34.6 Å². The Hall–Kier alpha value is -1.17. The van der Waals surface area contributed by atoms with Crippen LogP contribution in [-0.2, 0) is 16.1 Å². The van der Waals surface area contributed by atoms with E-state index in [0.29, 0.717) is 19.7 Å². The lowest BCUT2D eigenvalue weighted by Gasteiger charge is -2.33. The Labute approximate surface area is 109 Å². The molecule has 4 nitrogen and oxygen atoms in total. The Bertz CT molecular complexity index is 456. The van der Waals surface area contributed by atoms with Crippen LogP contribution in [0.25, 0.3) is 0 Å². The first-order valence-corrected chi connectivity index (χ1v) is 6.01. The summed E-state index contributed by atoms with van der Waals surface area (Å²) in [7, 11) is 0. The van der Waals surface area contributed by atoms with Gasteiger partial charge in [0.25, 0.3) is 0 Å². The molecule has 1 aliphatic rings. The van der Waals surface area contributed by atoms with Crippen LogP contribution in [0, 0.1) is 5.82 Å². The molecular formula is C12H14ClFN2O2. The maximum absolute atomic E-state index is 13.3. The molecule has 0 bridgehead atoms. The van der Waals surface area contributed by atoms with Gasteiger partial charge in [0.15, 0.2) is 0 Å². The summed E-state index contributed by atoms with van der Waals surface area (Å²) >= 11 is 5.62. The number of nitrogens with zero attached hydrogens (tertiary/aromatic N) is 1. The summed E-state index contributed by atoms with van der Waals surface area (Å²) in [5.74, 6) is -0.887. The average Bonchev–Trinajstić information content (AvgIpc) is 2.34. The standard InChI is InChI=1S/C12H14ClFN2O2/c13-9-2-1-8(5-10(9)14)6-16-3-4-18-7-11(16)12(15)17/h1-2,5,11H,3-4,6-7H2,(H2,15,17). The van der Waals surface area contributed by atoms with Crippen LogP contribution in [0.2, 0.25) is 5.02 Å². The van der Waals surface area contributed by atoms with Gasteiger partial charge in [0.1, 0.15) is 11.9 Å². The van der Waals surface area contributed by atoms with E-state index in [1.807, 2.05) is 4.90 Å². The number of amides is 1. The lowest BCUT2D eigenvalue weighted by Crippen LogP contribution is -2.51. The molecule has 1 fully saturated rings. The largest absolute Gasteiger partial charge is 0.378 e. The molecule has 0 aromatic heterocycles. The lowest BCUT2D eigenvalue weighted by molar-refractivity contribution is -0.129. The topological polar surface area (TPSA) is 55.6 Å². The number of rotatable bonds is 3. The van der Waals surface area contributed by atoms with E-state index in [9.17, 15) is 9.18 Å². The second-order valence-electron chi connectivity index (χ2n) is 4.21. The van der Waals surface area contributed by atoms with Crippen LogP contribution in [0.5, 0.6) is 0 Å². The third-order valence-corrected chi connectivity index (χ3v) is 3.24. The van der Waals surface area contributed by atoms with Gasteiger partial charge in [-0.15, -0.1) is 0 Å². The first-order valence-electron chi connectivity index (χ1n) is 5.63. The molecule has 2 N–H and O–H groups in total. The molecule has 1 aromatic carbocycles. The fourth-order valence-corrected chi connectivity index (χ4v) is 2.08. The molecule has 98 valence electrons. The summed E-state index contributed by atoms with van der Waals surface area (Å²) in [6.45, 7) is 1.87. The second kappa shape index (κ2) is 5.65. The zero-order chi connectivity index (χ0) is 13.1. The highest BCUT2D eigenvalue weighted by atomic mass is 35.5. The number of nitrogens with two attached hydrogens (primary N) is 1. The van der Waals surface area contributed by atoms with Crippen LogP contribution in [0.4, 0.5) is 4.39 Å². The molecule has 0 saturated carbocycles. The van der Waals surface area contributed by atoms with E-state index in [4.69, 9.17) is 22.1 Å². The summed E-state index contributed by atoms with van der Waals surface area (Å²) in [6.07, 6.45) is 0. The normalized spacial score (nSPS) is 20.9. The predicted octanol–water partition coefficient (Wildman–Crippen LogP) is 1.17. The van der Waals surface area contributed by atoms with Crippen LogP contribution in [0.1, 0.15) is 5.56 Å². The molecule has 18 heavy (non-hydrogen) atoms. The van der Waals surface area contributed by atoms with Crippen molar-refractivity contribution in [2.45, 2.75) is 12.6 Å². The molecule has 1 amide bonds. The van der Waals surface area contributed by atoms with Gasteiger partial charge in [-0.25, -0.2) is 4.39 Å². The van der Waals surface area contributed by atoms with Gasteiger partial charge in [0.2, 0.25) is 5.91 Å². The molecule has 1 heterocycles. The Morgan fingerprint density at radius 1 is 1.61 bits per heavy atom. The van der Waals surface area contributed by atoms with E-state index in [0.717, 1.165) is 5.56 Å². The van der Waals surface area contributed by atoms with E-state index >= 15 is 0 Å². The van der Waals surface area contributed by atoms with E-state index < -0.39 is 17.8 Å². The molecule has 0 spiro atoms. The molecule has 1 aliphatic heterocycles. The van der Waals surface area contributed by atoms with Crippen molar-refractivity contribution in [1.82, 2.24) is 4.90 Å². The number of hydrogen-bond donors (Lipinski definition) is 1. The maximum atomic E-state index is 13.3. The smallest absolute Gasteiger partial charge is 0.237 e. The van der Waals surface area contributed by atoms with Crippen molar-refractivity contribution < 1.29 is 13.9 Å². The van der Waals surface area contributed by atoms with Crippen molar-refractivity contribution in [2.75, 3.05) is 19.8 Å². The van der Waals surface area contributed by atoms with Crippen LogP contribution < -0.4 is 5.73 Å². The van der Waals surface area contributed by atoms with Crippen LogP contribution in [-0.4, -0.2) is 36.6 Å². The number of carbonyl (C=O) groups is 1. The first-order chi connectivity index (χ1) is 8.58. The van der Waals surface area contributed by atoms with Gasteiger partial charge in [-0.1, -0.05) is 17.7 Å². The molecule has 0 radical (unpaired) electrons. The van der Waals surface area contributed by atoms with Gasteiger partial charge >= 0.3 is 0 Å². The number of ether oxygens (including phenoxy) is 1. The molecule has 2 rings (SSSR count). The molecular weight excluding hydrogens is 259 g/mol. The zero-order valence-electron chi connectivity index (χ0n) is 9.73. The predicted molar refractivity (Wildman–Crippen MR) is 65.6 cm³/mol. The number of benzene rings is 1. The Kier molecular flexibility index (Phi) is 4.16. The average molecular weight is 273 g/mol. The van der Waals surface area contributed by atoms with Gasteiger partial charge in [-0.3, -0.25) is 9.69 Å². The van der Waals surface area contributed by atoms with E-state index in [1.54, 1.807) is 6.07 Å². The van der Waals surface area contributed by atoms with Crippen molar-refractivity contribution in [3.8, 4) is 0 Å². The Balaban J connectivity index is 2.10. The zero-order valence-corrected chi connectivity index (χ0v) is 10.5. The number of halogens is 2. The van der Waals surface area contributed by atoms with Crippen molar-refractivity contribution in [2.24, 2.45) is 5.73 Å². The lowest BCUT2D eigenvalue weighted by atomic mass is 10.1. The molecule has 6 heteroatoms. The summed E-state index contributed by atoms with van der Waals surface area (Å²) in [4.78, 5) is 13.2. The van der Waals surface area contributed by atoms with Crippen LogP contribution in [0.3, 0.4) is 0 Å². The summed E-state index contributed by atoms with van der Waals surface area (Å²) < 4.78 is 18.5. The highest BCUT2D eigenvalue weighted by molar-refractivity contribution is 6.30. The first kappa shape index (κ1) is 13.3. The van der Waals surface area contributed by atoms with E-state index in [1.165, 1.54) is 12.1 Å². The fourth-order valence-electron chi connectivity index (χ4n) is 1.96. The number of carbonyl (C=O) groups excluding carboxylic acids is 1. The Morgan fingerprint density at radius 2 is 2.39 bits per heavy atom. The van der Waals surface area contributed by atoms with Gasteiger partial charge in [0.05, 0.1) is 18.2 Å². The van der Waals surface area contributed by atoms with E-state index in [2.05, 4.69) is 0 Å². The third-order valence-electron chi connectivity index (χ3n) is 2.94. The quantitative estimate of drug-likeness (QED) is 0.899. The SMILES string of the molecule is NC(=O)C1COCCN1Cc1ccc(Cl)c(F)c1. The molecule has 0 aliphatic carbocycles. The van der Waals surface area contributed by atoms with Gasteiger partial charge < -0.3 is 10.5 Å². The Morgan fingerprint density at radius 3 is 3.06 bits per heavy atom. The van der Waals surface area contributed by atoms with Crippen molar-refractivity contribution in [3.63, 3.8) is 0 Å². The van der Waals surface area contributed by atoms with Crippen molar-refractivity contribution in [1.29, 1.82) is 0 Å². The summed E-state index contributed by atoms with van der Waals surface area (Å²) in [6, 6.07) is 4.15. The number of morpholine rings is 1. The molecule has 1 unspecified atom stereocenters. The monoisotopic (exact) mass is 272 g/mol. The highest BCUT2D eigenvalue weighted by Gasteiger charge is 2.27. The van der Waals surface area contributed by atoms with Gasteiger partial charge in [-0.2, -0.15) is 0 Å². The van der Waals surface area contributed by atoms with Gasteiger partial charge in [-0.05, 0) is 17.7 Å². The van der Waals surface area contributed by atoms with E-state index in [-0.39, 0.29) is 11.6 Å². The summed E-state index contributed by atoms with van der Waals surface area (Å²) in [5, 5.41) is 0.0900. The molecule has 1 atom stereocenters. The minimum atomic E-state index is -0.461. The van der Waals surface area contributed by atoms with Crippen LogP contribution >= 0.6 is 11.6 Å². The highest BCUT2D eigenvalue weighted by Crippen LogP contribution is 2.18. The van der Waals surface area contributed by atoms with Crippen molar-refractivity contribution >= 4 is 17.5 Å². The van der Waals surface area contributed by atoms with Gasteiger partial charge in [0, 0.05) is 13.1 Å². The second-order valence-corrected chi connectivity index (χ2v) is 4.62. The number of hydrogen-bond acceptors (Lipinski definition) is 3. The minimum absolute atomic E-state index is 0.0900. The fraction of sp³-hybridized carbons (Fsp3) is 0.417. The molecule has 1 saturated heterocycles. The maximum Gasteiger partial charge on any atom is 0.237 e. The molecule has 1 aromatic rings. The summed E-state index contributed by atoms with van der Waals surface area (Å²) in [5.41, 5.74) is 6.06. The third kappa shape index (κ3) is 2.98. The number of primary amides is 1. The minimum Gasteiger partial charge on any atom is -0.378 e. The van der Waals surface area contributed by atoms with Crippen LogP contribution in [0.15, 0.2) is 18.2 Å².